The van der Waals surface area contributed by atoms with Crippen LogP contribution in [0.1, 0.15) is 52.4 Å². The van der Waals surface area contributed by atoms with Crippen molar-refractivity contribution >= 4 is 0 Å². The van der Waals surface area contributed by atoms with Crippen molar-refractivity contribution in [2.75, 3.05) is 33.4 Å². The second-order valence-electron chi connectivity index (χ2n) is 5.71. The average molecular weight is 257 g/mol. The maximum atomic E-state index is 6.15. The van der Waals surface area contributed by atoms with Crippen LogP contribution in [0.3, 0.4) is 0 Å². The van der Waals surface area contributed by atoms with Crippen molar-refractivity contribution in [1.29, 1.82) is 0 Å². The Morgan fingerprint density at radius 2 is 1.89 bits per heavy atom. The Labute approximate surface area is 113 Å². The molecule has 0 saturated heterocycles. The predicted octanol–water partition coefficient (Wildman–Crippen LogP) is 2.99. The molecule has 3 heteroatoms. The van der Waals surface area contributed by atoms with Gasteiger partial charge in [0, 0.05) is 13.2 Å². The summed E-state index contributed by atoms with van der Waals surface area (Å²) >= 11 is 0. The van der Waals surface area contributed by atoms with Crippen molar-refractivity contribution < 1.29 is 9.47 Å². The van der Waals surface area contributed by atoms with Crippen LogP contribution in [0.25, 0.3) is 0 Å². The Morgan fingerprint density at radius 3 is 2.50 bits per heavy atom. The van der Waals surface area contributed by atoms with E-state index in [9.17, 15) is 0 Å². The molecular formula is C15H31NO2. The zero-order valence-corrected chi connectivity index (χ0v) is 12.5. The number of rotatable bonds is 9. The van der Waals surface area contributed by atoms with Crippen LogP contribution >= 0.6 is 0 Å². The summed E-state index contributed by atoms with van der Waals surface area (Å²) in [5.74, 6) is 0.861. The summed E-state index contributed by atoms with van der Waals surface area (Å²) in [5.41, 5.74) is 0.0649. The topological polar surface area (TPSA) is 30.5 Å². The number of unbranched alkanes of at least 4 members (excludes halogenated alkanes) is 1. The molecule has 1 rings (SSSR count). The Balaban J connectivity index is 2.21. The summed E-state index contributed by atoms with van der Waals surface area (Å²) in [6.07, 6.45) is 7.30. The highest BCUT2D eigenvalue weighted by Crippen LogP contribution is 2.34. The van der Waals surface area contributed by atoms with E-state index in [0.29, 0.717) is 0 Å². The summed E-state index contributed by atoms with van der Waals surface area (Å²) in [7, 11) is 2.01. The lowest BCUT2D eigenvalue weighted by Gasteiger charge is -2.39. The molecule has 1 aliphatic carbocycles. The lowest BCUT2D eigenvalue weighted by atomic mass is 9.79. The highest BCUT2D eigenvalue weighted by atomic mass is 16.5. The molecule has 3 nitrogen and oxygen atoms in total. The van der Waals surface area contributed by atoms with Crippen LogP contribution in [0.4, 0.5) is 0 Å². The highest BCUT2D eigenvalue weighted by Gasteiger charge is 2.34. The summed E-state index contributed by atoms with van der Waals surface area (Å²) in [5, 5.41) is 3.29. The fraction of sp³-hybridized carbons (Fsp3) is 1.00. The molecule has 18 heavy (non-hydrogen) atoms. The standard InChI is InChI=1S/C15H31NO2/c1-4-5-10-17-11-12-18-15(13-16-3)8-6-14(2)7-9-15/h14,16H,4-13H2,1-3H3. The van der Waals surface area contributed by atoms with Gasteiger partial charge in [0.1, 0.15) is 0 Å². The molecule has 0 spiro atoms. The highest BCUT2D eigenvalue weighted by molar-refractivity contribution is 4.88. The first kappa shape index (κ1) is 15.9. The molecule has 0 radical (unpaired) electrons. The molecule has 0 aromatic carbocycles. The van der Waals surface area contributed by atoms with E-state index in [-0.39, 0.29) is 5.60 Å². The molecule has 0 unspecified atom stereocenters. The summed E-state index contributed by atoms with van der Waals surface area (Å²) in [6, 6.07) is 0. The van der Waals surface area contributed by atoms with Gasteiger partial charge in [-0.05, 0) is 45.1 Å². The van der Waals surface area contributed by atoms with Crippen molar-refractivity contribution in [3.05, 3.63) is 0 Å². The molecule has 1 fully saturated rings. The number of hydrogen-bond acceptors (Lipinski definition) is 3. The molecule has 1 N–H and O–H groups in total. The number of ether oxygens (including phenoxy) is 2. The van der Waals surface area contributed by atoms with Crippen LogP contribution < -0.4 is 5.32 Å². The van der Waals surface area contributed by atoms with E-state index in [0.717, 1.165) is 38.7 Å². The minimum absolute atomic E-state index is 0.0649. The maximum Gasteiger partial charge on any atom is 0.0807 e. The molecule has 0 aliphatic heterocycles. The van der Waals surface area contributed by atoms with E-state index >= 15 is 0 Å². The Kier molecular flexibility index (Phi) is 7.87. The van der Waals surface area contributed by atoms with E-state index in [1.54, 1.807) is 0 Å². The minimum Gasteiger partial charge on any atom is -0.379 e. The van der Waals surface area contributed by atoms with E-state index < -0.39 is 0 Å². The first-order valence-electron chi connectivity index (χ1n) is 7.59. The largest absolute Gasteiger partial charge is 0.379 e. The Morgan fingerprint density at radius 1 is 1.17 bits per heavy atom. The van der Waals surface area contributed by atoms with Crippen molar-refractivity contribution in [3.8, 4) is 0 Å². The molecule has 0 aromatic rings. The van der Waals surface area contributed by atoms with Crippen molar-refractivity contribution in [3.63, 3.8) is 0 Å². The van der Waals surface area contributed by atoms with Gasteiger partial charge in [0.25, 0.3) is 0 Å². The molecule has 0 atom stereocenters. The van der Waals surface area contributed by atoms with E-state index in [2.05, 4.69) is 19.2 Å². The van der Waals surface area contributed by atoms with Crippen LogP contribution in [0.15, 0.2) is 0 Å². The summed E-state index contributed by atoms with van der Waals surface area (Å²) in [4.78, 5) is 0. The van der Waals surface area contributed by atoms with E-state index in [4.69, 9.17) is 9.47 Å². The maximum absolute atomic E-state index is 6.15. The van der Waals surface area contributed by atoms with Crippen molar-refractivity contribution in [1.82, 2.24) is 5.32 Å². The number of hydrogen-bond donors (Lipinski definition) is 1. The first-order chi connectivity index (χ1) is 8.72. The quantitative estimate of drug-likeness (QED) is 0.644. The average Bonchev–Trinajstić information content (AvgIpc) is 2.38. The van der Waals surface area contributed by atoms with E-state index in [1.807, 2.05) is 7.05 Å². The van der Waals surface area contributed by atoms with Gasteiger partial charge in [0.15, 0.2) is 0 Å². The zero-order chi connectivity index (χ0) is 13.3. The van der Waals surface area contributed by atoms with Gasteiger partial charge in [-0.25, -0.2) is 0 Å². The molecule has 0 amide bonds. The van der Waals surface area contributed by atoms with Gasteiger partial charge >= 0.3 is 0 Å². The summed E-state index contributed by atoms with van der Waals surface area (Å²) in [6.45, 7) is 7.84. The SMILES string of the molecule is CCCCOCCOC1(CNC)CCC(C)CC1. The lowest BCUT2D eigenvalue weighted by molar-refractivity contribution is -0.0909. The Bertz CT molecular complexity index is 201. The van der Waals surface area contributed by atoms with Crippen LogP contribution in [-0.2, 0) is 9.47 Å². The minimum atomic E-state index is 0.0649. The number of likely N-dealkylation sites (N-methyl/N-ethyl adjacent to an activating group) is 1. The monoisotopic (exact) mass is 257 g/mol. The third-order valence-corrected chi connectivity index (χ3v) is 3.96. The molecule has 0 aromatic heterocycles. The fourth-order valence-electron chi connectivity index (χ4n) is 2.65. The molecule has 108 valence electrons. The lowest BCUT2D eigenvalue weighted by Crippen LogP contribution is -2.45. The third-order valence-electron chi connectivity index (χ3n) is 3.96. The summed E-state index contributed by atoms with van der Waals surface area (Å²) < 4.78 is 11.7. The molecule has 0 bridgehead atoms. The van der Waals surface area contributed by atoms with Gasteiger partial charge in [-0.15, -0.1) is 0 Å². The van der Waals surface area contributed by atoms with Gasteiger partial charge in [-0.2, -0.15) is 0 Å². The second-order valence-corrected chi connectivity index (χ2v) is 5.71. The molecular weight excluding hydrogens is 226 g/mol. The van der Waals surface area contributed by atoms with Crippen LogP contribution in [0.2, 0.25) is 0 Å². The van der Waals surface area contributed by atoms with Gasteiger partial charge in [-0.3, -0.25) is 0 Å². The number of nitrogens with one attached hydrogen (secondary N) is 1. The third kappa shape index (κ3) is 5.68. The van der Waals surface area contributed by atoms with Gasteiger partial charge in [0.2, 0.25) is 0 Å². The second kappa shape index (κ2) is 8.89. The van der Waals surface area contributed by atoms with Gasteiger partial charge in [0.05, 0.1) is 18.8 Å². The van der Waals surface area contributed by atoms with Gasteiger partial charge < -0.3 is 14.8 Å². The normalized spacial score (nSPS) is 28.5. The first-order valence-corrected chi connectivity index (χ1v) is 7.59. The zero-order valence-electron chi connectivity index (χ0n) is 12.5. The fourth-order valence-corrected chi connectivity index (χ4v) is 2.65. The van der Waals surface area contributed by atoms with E-state index in [1.165, 1.54) is 32.1 Å². The smallest absolute Gasteiger partial charge is 0.0807 e. The molecule has 1 saturated carbocycles. The Hall–Kier alpha value is -0.120. The van der Waals surface area contributed by atoms with Crippen molar-refractivity contribution in [2.24, 2.45) is 5.92 Å². The molecule has 0 heterocycles. The van der Waals surface area contributed by atoms with Crippen molar-refractivity contribution in [2.45, 2.75) is 58.0 Å². The molecule has 1 aliphatic rings. The van der Waals surface area contributed by atoms with Crippen LogP contribution in [0.5, 0.6) is 0 Å². The van der Waals surface area contributed by atoms with Gasteiger partial charge in [-0.1, -0.05) is 20.3 Å². The van der Waals surface area contributed by atoms with Crippen LogP contribution in [-0.4, -0.2) is 39.0 Å². The van der Waals surface area contributed by atoms with Crippen LogP contribution in [0, 0.1) is 5.92 Å². The predicted molar refractivity (Wildman–Crippen MR) is 76.0 cm³/mol.